The third-order valence-electron chi connectivity index (χ3n) is 4.71. The van der Waals surface area contributed by atoms with Crippen LogP contribution in [-0.4, -0.2) is 65.5 Å². The molecule has 0 bridgehead atoms. The van der Waals surface area contributed by atoms with Gasteiger partial charge in [-0.05, 0) is 54.9 Å². The summed E-state index contributed by atoms with van der Waals surface area (Å²) in [6.07, 6.45) is 6.27. The summed E-state index contributed by atoms with van der Waals surface area (Å²) in [5.74, 6) is 0.846. The van der Waals surface area contributed by atoms with Crippen LogP contribution in [0.2, 0.25) is 0 Å². The second kappa shape index (κ2) is 8.70. The number of hydrogen-bond donors (Lipinski definition) is 1. The Morgan fingerprint density at radius 3 is 2.81 bits per heavy atom. The molecule has 2 heterocycles. The van der Waals surface area contributed by atoms with E-state index in [1.807, 2.05) is 30.3 Å². The zero-order chi connectivity index (χ0) is 18.4. The Hall–Kier alpha value is -1.84. The fraction of sp³-hybridized carbons (Fsp3) is 0.588. The van der Waals surface area contributed by atoms with Crippen molar-refractivity contribution in [1.82, 2.24) is 29.8 Å². The fourth-order valence-corrected chi connectivity index (χ4v) is 3.90. The summed E-state index contributed by atoms with van der Waals surface area (Å²) in [5, 5.41) is 12.1. The molecule has 1 atom stereocenters. The van der Waals surface area contributed by atoms with Gasteiger partial charge in [-0.1, -0.05) is 24.6 Å². The predicted octanol–water partition coefficient (Wildman–Crippen LogP) is 0.999. The van der Waals surface area contributed by atoms with Crippen LogP contribution in [0.15, 0.2) is 30.3 Å². The van der Waals surface area contributed by atoms with Crippen molar-refractivity contribution >= 4 is 10.0 Å². The Kier molecular flexibility index (Phi) is 6.33. The van der Waals surface area contributed by atoms with E-state index in [-0.39, 0.29) is 6.04 Å². The van der Waals surface area contributed by atoms with E-state index in [0.29, 0.717) is 6.54 Å². The Morgan fingerprint density at radius 2 is 2.04 bits per heavy atom. The quantitative estimate of drug-likeness (QED) is 0.737. The SMILES string of the molecule is CS(=O)(=O)NCC1CCCCN1CCCc1nnnn1-c1ccccc1. The van der Waals surface area contributed by atoms with E-state index in [9.17, 15) is 8.42 Å². The van der Waals surface area contributed by atoms with Gasteiger partial charge in [-0.2, -0.15) is 4.68 Å². The lowest BCUT2D eigenvalue weighted by molar-refractivity contribution is 0.148. The van der Waals surface area contributed by atoms with Gasteiger partial charge in [0.25, 0.3) is 0 Å². The van der Waals surface area contributed by atoms with Crippen LogP contribution in [0, 0.1) is 0 Å². The predicted molar refractivity (Wildman–Crippen MR) is 99.5 cm³/mol. The molecular formula is C17H26N6O2S. The molecule has 2 aromatic rings. The summed E-state index contributed by atoms with van der Waals surface area (Å²) < 4.78 is 27.2. The first-order valence-electron chi connectivity index (χ1n) is 9.04. The maximum absolute atomic E-state index is 11.4. The minimum absolute atomic E-state index is 0.267. The largest absolute Gasteiger partial charge is 0.299 e. The van der Waals surface area contributed by atoms with Crippen molar-refractivity contribution in [2.75, 3.05) is 25.9 Å². The first-order chi connectivity index (χ1) is 12.5. The standard InChI is InChI=1S/C17H26N6O2S/c1-26(24,25)18-14-16-10-5-6-12-22(16)13-7-11-17-19-20-21-23(17)15-8-3-2-4-9-15/h2-4,8-9,16,18H,5-7,10-14H2,1H3. The number of tetrazole rings is 1. The van der Waals surface area contributed by atoms with Gasteiger partial charge in [0.05, 0.1) is 11.9 Å². The molecule has 1 aliphatic rings. The lowest BCUT2D eigenvalue weighted by Crippen LogP contribution is -2.46. The van der Waals surface area contributed by atoms with E-state index in [4.69, 9.17) is 0 Å². The van der Waals surface area contributed by atoms with E-state index in [1.54, 1.807) is 4.68 Å². The highest BCUT2D eigenvalue weighted by Crippen LogP contribution is 2.17. The number of para-hydroxylation sites is 1. The molecule has 0 radical (unpaired) electrons. The zero-order valence-electron chi connectivity index (χ0n) is 15.1. The number of nitrogens with zero attached hydrogens (tertiary/aromatic N) is 5. The lowest BCUT2D eigenvalue weighted by Gasteiger charge is -2.35. The lowest BCUT2D eigenvalue weighted by atomic mass is 10.0. The Balaban J connectivity index is 1.55. The highest BCUT2D eigenvalue weighted by atomic mass is 32.2. The number of aromatic nitrogens is 4. The topological polar surface area (TPSA) is 93.0 Å². The third kappa shape index (κ3) is 5.33. The van der Waals surface area contributed by atoms with Gasteiger partial charge in [-0.15, -0.1) is 5.10 Å². The van der Waals surface area contributed by atoms with Crippen molar-refractivity contribution in [2.45, 2.75) is 38.1 Å². The molecule has 3 rings (SSSR count). The van der Waals surface area contributed by atoms with Crippen LogP contribution < -0.4 is 4.72 Å². The Labute approximate surface area is 154 Å². The zero-order valence-corrected chi connectivity index (χ0v) is 15.9. The monoisotopic (exact) mass is 378 g/mol. The summed E-state index contributed by atoms with van der Waals surface area (Å²) in [7, 11) is -3.15. The van der Waals surface area contributed by atoms with Gasteiger partial charge in [0.15, 0.2) is 5.82 Å². The molecule has 1 N–H and O–H groups in total. The van der Waals surface area contributed by atoms with Crippen molar-refractivity contribution in [3.63, 3.8) is 0 Å². The number of benzene rings is 1. The van der Waals surface area contributed by atoms with Crippen LogP contribution in [0.3, 0.4) is 0 Å². The molecule has 0 amide bonds. The van der Waals surface area contributed by atoms with Crippen LogP contribution in [0.1, 0.15) is 31.5 Å². The number of rotatable bonds is 8. The van der Waals surface area contributed by atoms with Crippen molar-refractivity contribution in [2.24, 2.45) is 0 Å². The number of piperidine rings is 1. The van der Waals surface area contributed by atoms with E-state index < -0.39 is 10.0 Å². The number of sulfonamides is 1. The minimum Gasteiger partial charge on any atom is -0.299 e. The number of aryl methyl sites for hydroxylation is 1. The van der Waals surface area contributed by atoms with Gasteiger partial charge in [0.1, 0.15) is 0 Å². The van der Waals surface area contributed by atoms with Crippen LogP contribution in [0.5, 0.6) is 0 Å². The fourth-order valence-electron chi connectivity index (χ4n) is 3.40. The summed E-state index contributed by atoms with van der Waals surface area (Å²) in [5.41, 5.74) is 0.959. The molecule has 1 fully saturated rings. The number of nitrogens with one attached hydrogen (secondary N) is 1. The normalized spacial score (nSPS) is 18.9. The van der Waals surface area contributed by atoms with Gasteiger partial charge < -0.3 is 0 Å². The third-order valence-corrected chi connectivity index (χ3v) is 5.40. The van der Waals surface area contributed by atoms with Crippen LogP contribution in [-0.2, 0) is 16.4 Å². The molecule has 142 valence electrons. The first-order valence-corrected chi connectivity index (χ1v) is 10.9. The van der Waals surface area contributed by atoms with Gasteiger partial charge in [-0.25, -0.2) is 13.1 Å². The average Bonchev–Trinajstić information content (AvgIpc) is 3.09. The van der Waals surface area contributed by atoms with Crippen LogP contribution in [0.4, 0.5) is 0 Å². The van der Waals surface area contributed by atoms with Crippen LogP contribution in [0.25, 0.3) is 5.69 Å². The molecule has 1 unspecified atom stereocenters. The molecule has 9 heteroatoms. The summed E-state index contributed by atoms with van der Waals surface area (Å²) >= 11 is 0. The van der Waals surface area contributed by atoms with Gasteiger partial charge in [-0.3, -0.25) is 4.90 Å². The maximum atomic E-state index is 11.4. The van der Waals surface area contributed by atoms with E-state index >= 15 is 0 Å². The van der Waals surface area contributed by atoms with Gasteiger partial charge in [0, 0.05) is 19.0 Å². The minimum atomic E-state index is -3.15. The van der Waals surface area contributed by atoms with Gasteiger partial charge in [0.2, 0.25) is 10.0 Å². The maximum Gasteiger partial charge on any atom is 0.208 e. The second-order valence-electron chi connectivity index (χ2n) is 6.75. The second-order valence-corrected chi connectivity index (χ2v) is 8.59. The highest BCUT2D eigenvalue weighted by molar-refractivity contribution is 7.88. The highest BCUT2D eigenvalue weighted by Gasteiger charge is 2.23. The van der Waals surface area contributed by atoms with E-state index in [2.05, 4.69) is 25.1 Å². The van der Waals surface area contributed by atoms with E-state index in [0.717, 1.165) is 56.7 Å². The Morgan fingerprint density at radius 1 is 1.23 bits per heavy atom. The smallest absolute Gasteiger partial charge is 0.208 e. The Bertz CT molecular complexity index is 793. The summed E-state index contributed by atoms with van der Waals surface area (Å²) in [6.45, 7) is 2.41. The summed E-state index contributed by atoms with van der Waals surface area (Å²) in [6, 6.07) is 10.1. The van der Waals surface area contributed by atoms with Crippen LogP contribution >= 0.6 is 0 Å². The molecule has 1 aromatic carbocycles. The average molecular weight is 379 g/mol. The number of hydrogen-bond acceptors (Lipinski definition) is 6. The molecule has 0 saturated carbocycles. The first kappa shape index (κ1) is 18.9. The molecule has 1 saturated heterocycles. The van der Waals surface area contributed by atoms with E-state index in [1.165, 1.54) is 6.26 Å². The molecule has 1 aromatic heterocycles. The van der Waals surface area contributed by atoms with Crippen molar-refractivity contribution in [3.8, 4) is 5.69 Å². The molecule has 1 aliphatic heterocycles. The number of likely N-dealkylation sites (tertiary alicyclic amines) is 1. The van der Waals surface area contributed by atoms with Crippen molar-refractivity contribution in [1.29, 1.82) is 0 Å². The molecule has 8 nitrogen and oxygen atoms in total. The molecular weight excluding hydrogens is 352 g/mol. The van der Waals surface area contributed by atoms with Gasteiger partial charge >= 0.3 is 0 Å². The molecule has 26 heavy (non-hydrogen) atoms. The van der Waals surface area contributed by atoms with Crippen molar-refractivity contribution < 1.29 is 8.42 Å². The molecule has 0 spiro atoms. The summed E-state index contributed by atoms with van der Waals surface area (Å²) in [4.78, 5) is 2.39. The van der Waals surface area contributed by atoms with Crippen molar-refractivity contribution in [3.05, 3.63) is 36.2 Å². The molecule has 0 aliphatic carbocycles.